The predicted octanol–water partition coefficient (Wildman–Crippen LogP) is 2.39. The van der Waals surface area contributed by atoms with Crippen molar-refractivity contribution in [2.24, 2.45) is 0 Å². The molecule has 1 aliphatic rings. The Balaban J connectivity index is 2.53. The molecule has 1 aromatic carbocycles. The second-order valence-electron chi connectivity index (χ2n) is 7.53. The molecular formula is C22H26F2O10. The van der Waals surface area contributed by atoms with E-state index in [9.17, 15) is 28.0 Å². The van der Waals surface area contributed by atoms with Gasteiger partial charge in [0.25, 0.3) is 6.43 Å². The summed E-state index contributed by atoms with van der Waals surface area (Å²) in [6, 6.07) is 4.02. The summed E-state index contributed by atoms with van der Waals surface area (Å²) in [5, 5.41) is 0. The van der Waals surface area contributed by atoms with Gasteiger partial charge in [-0.05, 0) is 19.1 Å². The van der Waals surface area contributed by atoms with Crippen molar-refractivity contribution in [3.05, 3.63) is 29.3 Å². The lowest BCUT2D eigenvalue weighted by atomic mass is 9.98. The molecule has 0 N–H and O–H groups in total. The first-order valence-corrected chi connectivity index (χ1v) is 10.2. The quantitative estimate of drug-likeness (QED) is 0.398. The molecule has 0 amide bonds. The van der Waals surface area contributed by atoms with Gasteiger partial charge in [0, 0.05) is 27.7 Å². The summed E-state index contributed by atoms with van der Waals surface area (Å²) in [4.78, 5) is 46.7. The summed E-state index contributed by atoms with van der Waals surface area (Å²) in [6.45, 7) is 5.49. The minimum atomic E-state index is -2.90. The van der Waals surface area contributed by atoms with Crippen molar-refractivity contribution in [2.45, 2.75) is 71.8 Å². The van der Waals surface area contributed by atoms with Gasteiger partial charge in [-0.2, -0.15) is 0 Å². The molecular weight excluding hydrogens is 462 g/mol. The van der Waals surface area contributed by atoms with E-state index in [1.54, 1.807) is 6.92 Å². The van der Waals surface area contributed by atoms with Crippen molar-refractivity contribution in [3.63, 3.8) is 0 Å². The average Bonchev–Trinajstić information content (AvgIpc) is 2.71. The first-order chi connectivity index (χ1) is 15.9. The number of alkyl halides is 2. The minimum absolute atomic E-state index is 0.276. The van der Waals surface area contributed by atoms with Crippen LogP contribution in [0.3, 0.4) is 0 Å². The monoisotopic (exact) mass is 488 g/mol. The van der Waals surface area contributed by atoms with E-state index >= 15 is 0 Å². The fraction of sp³-hybridized carbons (Fsp3) is 0.545. The number of halogens is 2. The topological polar surface area (TPSA) is 124 Å². The van der Waals surface area contributed by atoms with Gasteiger partial charge >= 0.3 is 23.9 Å². The normalized spacial score (nSPS) is 24.2. The molecule has 0 saturated carbocycles. The lowest BCUT2D eigenvalue weighted by Gasteiger charge is -2.44. The van der Waals surface area contributed by atoms with Crippen LogP contribution in [0.2, 0.25) is 0 Å². The molecule has 2 rings (SSSR count). The van der Waals surface area contributed by atoms with Crippen LogP contribution in [-0.2, 0) is 42.9 Å². The Morgan fingerprint density at radius 3 is 1.97 bits per heavy atom. The molecule has 0 aliphatic carbocycles. The number of hydrogen-bond acceptors (Lipinski definition) is 10. The lowest BCUT2D eigenvalue weighted by molar-refractivity contribution is -0.288. The summed E-state index contributed by atoms with van der Waals surface area (Å²) < 4.78 is 59.4. The van der Waals surface area contributed by atoms with Crippen molar-refractivity contribution in [1.82, 2.24) is 0 Å². The Hall–Kier alpha value is -3.28. The highest BCUT2D eigenvalue weighted by atomic mass is 19.3. The molecule has 188 valence electrons. The molecule has 0 aromatic heterocycles. The van der Waals surface area contributed by atoms with Gasteiger partial charge in [0.1, 0.15) is 18.5 Å². The summed E-state index contributed by atoms with van der Waals surface area (Å²) in [5.41, 5.74) is 0.0945. The number of esters is 4. The fourth-order valence-corrected chi connectivity index (χ4v) is 3.35. The molecule has 0 bridgehead atoms. The molecule has 1 aliphatic heterocycles. The van der Waals surface area contributed by atoms with Crippen LogP contribution >= 0.6 is 0 Å². The summed E-state index contributed by atoms with van der Waals surface area (Å²) >= 11 is 0. The number of rotatable bonds is 8. The zero-order valence-corrected chi connectivity index (χ0v) is 19.2. The van der Waals surface area contributed by atoms with Gasteiger partial charge in [0.05, 0.1) is 5.56 Å². The Labute approximate surface area is 194 Å². The van der Waals surface area contributed by atoms with Gasteiger partial charge in [-0.3, -0.25) is 19.2 Å². The smallest absolute Gasteiger partial charge is 0.303 e. The maximum absolute atomic E-state index is 13.6. The Bertz CT molecular complexity index is 919. The highest BCUT2D eigenvalue weighted by molar-refractivity contribution is 5.68. The molecule has 34 heavy (non-hydrogen) atoms. The van der Waals surface area contributed by atoms with Crippen LogP contribution in [-0.4, -0.2) is 61.2 Å². The lowest BCUT2D eigenvalue weighted by Crippen LogP contribution is -2.63. The van der Waals surface area contributed by atoms with Gasteiger partial charge in [-0.15, -0.1) is 0 Å². The summed E-state index contributed by atoms with van der Waals surface area (Å²) in [6.07, 6.45) is -10.1. The largest absolute Gasteiger partial charge is 0.463 e. The van der Waals surface area contributed by atoms with Crippen LogP contribution in [0, 0.1) is 6.92 Å². The maximum atomic E-state index is 13.6. The molecule has 12 heteroatoms. The molecule has 1 fully saturated rings. The van der Waals surface area contributed by atoms with E-state index < -0.39 is 73.2 Å². The first-order valence-electron chi connectivity index (χ1n) is 10.2. The number of hydrogen-bond donors (Lipinski definition) is 0. The van der Waals surface area contributed by atoms with Gasteiger partial charge in [-0.25, -0.2) is 8.78 Å². The van der Waals surface area contributed by atoms with Crippen LogP contribution in [0.5, 0.6) is 5.75 Å². The third-order valence-corrected chi connectivity index (χ3v) is 4.59. The van der Waals surface area contributed by atoms with Crippen molar-refractivity contribution < 1.29 is 56.4 Å². The van der Waals surface area contributed by atoms with Crippen molar-refractivity contribution >= 4 is 23.9 Å². The van der Waals surface area contributed by atoms with Crippen molar-refractivity contribution in [3.8, 4) is 5.75 Å². The molecule has 0 radical (unpaired) electrons. The van der Waals surface area contributed by atoms with Crippen molar-refractivity contribution in [2.75, 3.05) is 6.61 Å². The molecule has 5 atom stereocenters. The van der Waals surface area contributed by atoms with Gasteiger partial charge in [0.2, 0.25) is 12.4 Å². The van der Waals surface area contributed by atoms with E-state index in [-0.39, 0.29) is 5.75 Å². The van der Waals surface area contributed by atoms with Crippen LogP contribution in [0.4, 0.5) is 8.78 Å². The maximum Gasteiger partial charge on any atom is 0.303 e. The van der Waals surface area contributed by atoms with Crippen molar-refractivity contribution in [1.29, 1.82) is 0 Å². The number of carbonyl (C=O) groups is 4. The van der Waals surface area contributed by atoms with Crippen LogP contribution in [0.15, 0.2) is 18.2 Å². The SMILES string of the molecule is CC(=O)OCC1O[C@@H](Oc2ccc(C)cc2C(F)F)[C@@H](OC(C)=O)C(OC(C)=O)[C@H]1OC(C)=O. The Morgan fingerprint density at radius 2 is 1.44 bits per heavy atom. The third-order valence-electron chi connectivity index (χ3n) is 4.59. The Kier molecular flexibility index (Phi) is 9.30. The molecule has 10 nitrogen and oxygen atoms in total. The van der Waals surface area contributed by atoms with E-state index in [1.807, 2.05) is 0 Å². The fourth-order valence-electron chi connectivity index (χ4n) is 3.35. The third kappa shape index (κ3) is 7.37. The number of benzene rings is 1. The second kappa shape index (κ2) is 11.7. The highest BCUT2D eigenvalue weighted by Crippen LogP contribution is 2.35. The number of aryl methyl sites for hydroxylation is 1. The first kappa shape index (κ1) is 27.0. The summed E-state index contributed by atoms with van der Waals surface area (Å²) in [7, 11) is 0. The van der Waals surface area contributed by atoms with Crippen LogP contribution < -0.4 is 4.74 Å². The highest BCUT2D eigenvalue weighted by Gasteiger charge is 2.53. The van der Waals surface area contributed by atoms with E-state index in [0.717, 1.165) is 27.7 Å². The van der Waals surface area contributed by atoms with Gasteiger partial charge in [-0.1, -0.05) is 11.6 Å². The number of carbonyl (C=O) groups excluding carboxylic acids is 4. The van der Waals surface area contributed by atoms with Crippen LogP contribution in [0.1, 0.15) is 45.2 Å². The number of ether oxygens (including phenoxy) is 6. The second-order valence-corrected chi connectivity index (χ2v) is 7.53. The average molecular weight is 488 g/mol. The summed E-state index contributed by atoms with van der Waals surface area (Å²) in [5.74, 6) is -3.42. The standard InChI is InChI=1S/C22H26F2O10/c1-10-6-7-16(15(8-10)21(23)24)33-22-20(32-14(5)28)19(31-13(4)27)18(30-12(3)26)17(34-22)9-29-11(2)25/h6-8,17-22H,9H2,1-5H3/t17?,18-,19?,20-,22+/m0/s1. The zero-order valence-electron chi connectivity index (χ0n) is 19.2. The van der Waals surface area contributed by atoms with E-state index in [4.69, 9.17) is 28.4 Å². The van der Waals surface area contributed by atoms with E-state index in [0.29, 0.717) is 5.56 Å². The molecule has 1 aromatic rings. The van der Waals surface area contributed by atoms with Crippen LogP contribution in [0.25, 0.3) is 0 Å². The van der Waals surface area contributed by atoms with E-state index in [2.05, 4.69) is 0 Å². The van der Waals surface area contributed by atoms with Gasteiger partial charge < -0.3 is 28.4 Å². The molecule has 0 spiro atoms. The van der Waals surface area contributed by atoms with E-state index in [1.165, 1.54) is 18.2 Å². The molecule has 2 unspecified atom stereocenters. The molecule has 1 heterocycles. The zero-order chi connectivity index (χ0) is 25.6. The minimum Gasteiger partial charge on any atom is -0.463 e. The molecule has 1 saturated heterocycles. The Morgan fingerprint density at radius 1 is 0.882 bits per heavy atom. The predicted molar refractivity (Wildman–Crippen MR) is 109 cm³/mol. The van der Waals surface area contributed by atoms with Gasteiger partial charge in [0.15, 0.2) is 12.2 Å².